The third kappa shape index (κ3) is 4.50. The van der Waals surface area contributed by atoms with Crippen molar-refractivity contribution in [2.45, 2.75) is 24.8 Å². The van der Waals surface area contributed by atoms with Gasteiger partial charge in [0.05, 0.1) is 5.54 Å². The van der Waals surface area contributed by atoms with E-state index in [4.69, 9.17) is 4.74 Å². The first kappa shape index (κ1) is 19.4. The lowest BCUT2D eigenvalue weighted by Gasteiger charge is -2.43. The zero-order chi connectivity index (χ0) is 19.4. The van der Waals surface area contributed by atoms with Gasteiger partial charge in [-0.25, -0.2) is 0 Å². The summed E-state index contributed by atoms with van der Waals surface area (Å²) in [6, 6.07) is 15.0. The topological polar surface area (TPSA) is 58.6 Å². The van der Waals surface area contributed by atoms with Crippen LogP contribution in [0.2, 0.25) is 0 Å². The molecule has 5 nitrogen and oxygen atoms in total. The van der Waals surface area contributed by atoms with Crippen LogP contribution in [0.25, 0.3) is 0 Å². The minimum Gasteiger partial charge on any atom is -0.484 e. The Morgan fingerprint density at radius 1 is 1.15 bits per heavy atom. The van der Waals surface area contributed by atoms with Gasteiger partial charge in [-0.2, -0.15) is 0 Å². The Hall–Kier alpha value is -2.34. The van der Waals surface area contributed by atoms with Crippen molar-refractivity contribution < 1.29 is 14.3 Å². The number of nitrogens with one attached hydrogen (secondary N) is 1. The Labute approximate surface area is 167 Å². The van der Waals surface area contributed by atoms with Crippen LogP contribution in [-0.2, 0) is 10.3 Å². The Balaban J connectivity index is 1.72. The third-order valence-corrected chi connectivity index (χ3v) is 5.39. The van der Waals surface area contributed by atoms with Gasteiger partial charge in [-0.15, -0.1) is 0 Å². The lowest BCUT2D eigenvalue weighted by atomic mass is 9.71. The highest BCUT2D eigenvalue weighted by Gasteiger charge is 2.40. The smallest absolute Gasteiger partial charge is 0.259 e. The Kier molecular flexibility index (Phi) is 5.85. The van der Waals surface area contributed by atoms with E-state index in [1.165, 1.54) is 4.90 Å². The summed E-state index contributed by atoms with van der Waals surface area (Å²) in [7, 11) is 3.35. The van der Waals surface area contributed by atoms with Gasteiger partial charge in [-0.3, -0.25) is 9.59 Å². The molecule has 2 aromatic rings. The van der Waals surface area contributed by atoms with Crippen LogP contribution >= 0.6 is 15.9 Å². The second-order valence-corrected chi connectivity index (χ2v) is 7.92. The average Bonchev–Trinajstić information content (AvgIpc) is 2.62. The van der Waals surface area contributed by atoms with Crippen molar-refractivity contribution in [2.24, 2.45) is 0 Å². The van der Waals surface area contributed by atoms with E-state index < -0.39 is 0 Å². The van der Waals surface area contributed by atoms with E-state index in [0.29, 0.717) is 11.3 Å². The second-order valence-electron chi connectivity index (χ2n) is 7.00. The van der Waals surface area contributed by atoms with Crippen LogP contribution in [-0.4, -0.2) is 37.4 Å². The molecule has 1 aliphatic rings. The van der Waals surface area contributed by atoms with Gasteiger partial charge >= 0.3 is 0 Å². The quantitative estimate of drug-likeness (QED) is 0.759. The standard InChI is InChI=1S/C21H23BrN2O3/c1-24(2)19(25)14-27-18-9-3-6-15(12-18)20(26)23-21(10-5-11-21)16-7-4-8-17(22)13-16/h3-4,6-9,12-13H,5,10-11,14H2,1-2H3,(H,23,26). The summed E-state index contributed by atoms with van der Waals surface area (Å²) in [4.78, 5) is 26.0. The number of carbonyl (C=O) groups excluding carboxylic acids is 2. The van der Waals surface area contributed by atoms with Crippen LogP contribution in [0.5, 0.6) is 5.75 Å². The van der Waals surface area contributed by atoms with Crippen LogP contribution in [0.4, 0.5) is 0 Å². The molecule has 0 bridgehead atoms. The van der Waals surface area contributed by atoms with E-state index >= 15 is 0 Å². The number of hydrogen-bond acceptors (Lipinski definition) is 3. The SMILES string of the molecule is CN(C)C(=O)COc1cccc(C(=O)NC2(c3cccc(Br)c3)CCC2)c1. The highest BCUT2D eigenvalue weighted by molar-refractivity contribution is 9.10. The number of benzene rings is 2. The van der Waals surface area contributed by atoms with Gasteiger partial charge in [0.1, 0.15) is 5.75 Å². The monoisotopic (exact) mass is 430 g/mol. The molecule has 0 heterocycles. The zero-order valence-corrected chi connectivity index (χ0v) is 17.1. The lowest BCUT2D eigenvalue weighted by Crippen LogP contribution is -2.50. The number of hydrogen-bond donors (Lipinski definition) is 1. The molecule has 0 aromatic heterocycles. The lowest BCUT2D eigenvalue weighted by molar-refractivity contribution is -0.130. The molecule has 0 atom stereocenters. The van der Waals surface area contributed by atoms with Crippen molar-refractivity contribution in [1.82, 2.24) is 10.2 Å². The van der Waals surface area contributed by atoms with Crippen LogP contribution in [0.15, 0.2) is 53.0 Å². The number of likely N-dealkylation sites (N-methyl/N-ethyl adjacent to an activating group) is 1. The van der Waals surface area contributed by atoms with Crippen molar-refractivity contribution >= 4 is 27.7 Å². The van der Waals surface area contributed by atoms with Gasteiger partial charge < -0.3 is 15.0 Å². The van der Waals surface area contributed by atoms with Crippen molar-refractivity contribution in [3.05, 3.63) is 64.1 Å². The Bertz CT molecular complexity index is 847. The van der Waals surface area contributed by atoms with Crippen LogP contribution in [0.3, 0.4) is 0 Å². The summed E-state index contributed by atoms with van der Waals surface area (Å²) in [5.41, 5.74) is 1.31. The van der Waals surface area contributed by atoms with Crippen molar-refractivity contribution in [1.29, 1.82) is 0 Å². The first-order valence-electron chi connectivity index (χ1n) is 8.91. The maximum atomic E-state index is 12.9. The average molecular weight is 431 g/mol. The number of rotatable bonds is 6. The summed E-state index contributed by atoms with van der Waals surface area (Å²) in [5, 5.41) is 3.21. The van der Waals surface area contributed by atoms with E-state index in [1.807, 2.05) is 12.1 Å². The number of amides is 2. The Morgan fingerprint density at radius 3 is 2.52 bits per heavy atom. The highest BCUT2D eigenvalue weighted by Crippen LogP contribution is 2.42. The molecule has 142 valence electrons. The minimum absolute atomic E-state index is 0.0555. The molecule has 0 radical (unpaired) electrons. The van der Waals surface area contributed by atoms with Crippen LogP contribution < -0.4 is 10.1 Å². The van der Waals surface area contributed by atoms with E-state index in [2.05, 4.69) is 33.4 Å². The molecule has 3 rings (SSSR count). The van der Waals surface area contributed by atoms with Gasteiger partial charge in [0, 0.05) is 24.1 Å². The zero-order valence-electron chi connectivity index (χ0n) is 15.5. The predicted octanol–water partition coefficient (Wildman–Crippen LogP) is 3.73. The molecular weight excluding hydrogens is 408 g/mol. The molecule has 1 aliphatic carbocycles. The minimum atomic E-state index is -0.321. The molecule has 0 spiro atoms. The predicted molar refractivity (Wildman–Crippen MR) is 108 cm³/mol. The molecule has 1 saturated carbocycles. The van der Waals surface area contributed by atoms with Crippen molar-refractivity contribution in [3.63, 3.8) is 0 Å². The number of ether oxygens (including phenoxy) is 1. The van der Waals surface area contributed by atoms with Gasteiger partial charge in [-0.05, 0) is 55.2 Å². The fourth-order valence-corrected chi connectivity index (χ4v) is 3.49. The summed E-state index contributed by atoms with van der Waals surface area (Å²) in [6.45, 7) is -0.0555. The van der Waals surface area contributed by atoms with E-state index in [-0.39, 0.29) is 24.0 Å². The molecular formula is C21H23BrN2O3. The van der Waals surface area contributed by atoms with Crippen LogP contribution in [0, 0.1) is 0 Å². The molecule has 0 unspecified atom stereocenters. The summed E-state index contributed by atoms with van der Waals surface area (Å²) < 4.78 is 6.51. The first-order chi connectivity index (χ1) is 12.9. The number of halogens is 1. The summed E-state index contributed by atoms with van der Waals surface area (Å²) in [6.07, 6.45) is 2.92. The highest BCUT2D eigenvalue weighted by atomic mass is 79.9. The molecule has 2 aromatic carbocycles. The van der Waals surface area contributed by atoms with Crippen LogP contribution in [0.1, 0.15) is 35.2 Å². The Morgan fingerprint density at radius 2 is 1.89 bits per heavy atom. The third-order valence-electron chi connectivity index (χ3n) is 4.89. The van der Waals surface area contributed by atoms with Crippen molar-refractivity contribution in [2.75, 3.05) is 20.7 Å². The van der Waals surface area contributed by atoms with Gasteiger partial charge in [-0.1, -0.05) is 34.1 Å². The number of nitrogens with zero attached hydrogens (tertiary/aromatic N) is 1. The summed E-state index contributed by atoms with van der Waals surface area (Å²) in [5.74, 6) is 0.231. The fourth-order valence-electron chi connectivity index (χ4n) is 3.09. The molecule has 6 heteroatoms. The van der Waals surface area contributed by atoms with Gasteiger partial charge in [0.2, 0.25) is 0 Å². The largest absolute Gasteiger partial charge is 0.484 e. The second kappa shape index (κ2) is 8.13. The molecule has 1 N–H and O–H groups in total. The first-order valence-corrected chi connectivity index (χ1v) is 9.70. The molecule has 27 heavy (non-hydrogen) atoms. The number of carbonyl (C=O) groups is 2. The van der Waals surface area contributed by atoms with Crippen molar-refractivity contribution in [3.8, 4) is 5.75 Å². The molecule has 0 aliphatic heterocycles. The van der Waals surface area contributed by atoms with Gasteiger partial charge in [0.25, 0.3) is 11.8 Å². The van der Waals surface area contributed by atoms with E-state index in [9.17, 15) is 9.59 Å². The molecule has 0 saturated heterocycles. The molecule has 1 fully saturated rings. The normalized spacial score (nSPS) is 14.8. The maximum absolute atomic E-state index is 12.9. The molecule has 2 amide bonds. The van der Waals surface area contributed by atoms with E-state index in [0.717, 1.165) is 29.3 Å². The maximum Gasteiger partial charge on any atom is 0.259 e. The fraction of sp³-hybridized carbons (Fsp3) is 0.333. The summed E-state index contributed by atoms with van der Waals surface area (Å²) >= 11 is 3.51. The van der Waals surface area contributed by atoms with Gasteiger partial charge in [0.15, 0.2) is 6.61 Å². The van der Waals surface area contributed by atoms with E-state index in [1.54, 1.807) is 38.4 Å².